The molecule has 5 rings (SSSR count). The van der Waals surface area contributed by atoms with Crippen LogP contribution in [0.1, 0.15) is 24.6 Å². The van der Waals surface area contributed by atoms with E-state index < -0.39 is 5.82 Å². The molecule has 0 aromatic carbocycles. The number of likely N-dealkylation sites (tertiary alicyclic amines) is 1. The SMILES string of the molecule is Cc1c(-c2cc(O)c3c(F)cnn3c2)nnn1C1CCN(C2COC2)CC1. The van der Waals surface area contributed by atoms with Gasteiger partial charge in [0.2, 0.25) is 0 Å². The van der Waals surface area contributed by atoms with Crippen molar-refractivity contribution in [3.05, 3.63) is 30.0 Å². The molecular weight excluding hydrogens is 351 g/mol. The summed E-state index contributed by atoms with van der Waals surface area (Å²) in [6.45, 7) is 5.74. The number of ether oxygens (including phenoxy) is 1. The van der Waals surface area contributed by atoms with Gasteiger partial charge < -0.3 is 9.84 Å². The number of aromatic hydroxyl groups is 1. The number of nitrogens with zero attached hydrogens (tertiary/aromatic N) is 6. The Labute approximate surface area is 155 Å². The van der Waals surface area contributed by atoms with Crippen LogP contribution >= 0.6 is 0 Å². The van der Waals surface area contributed by atoms with Crippen LogP contribution in [0.3, 0.4) is 0 Å². The summed E-state index contributed by atoms with van der Waals surface area (Å²) in [6, 6.07) is 2.39. The lowest BCUT2D eigenvalue weighted by Gasteiger charge is -2.41. The average molecular weight is 372 g/mol. The molecule has 27 heavy (non-hydrogen) atoms. The van der Waals surface area contributed by atoms with Crippen molar-refractivity contribution >= 4 is 5.52 Å². The Morgan fingerprint density at radius 1 is 1.22 bits per heavy atom. The molecule has 0 atom stereocenters. The van der Waals surface area contributed by atoms with E-state index >= 15 is 0 Å². The summed E-state index contributed by atoms with van der Waals surface area (Å²) >= 11 is 0. The van der Waals surface area contributed by atoms with Gasteiger partial charge in [0.15, 0.2) is 5.82 Å². The Balaban J connectivity index is 1.40. The lowest BCUT2D eigenvalue weighted by Crippen LogP contribution is -2.52. The molecule has 5 heterocycles. The molecule has 3 aromatic heterocycles. The largest absolute Gasteiger partial charge is 0.506 e. The zero-order valence-corrected chi connectivity index (χ0v) is 15.0. The molecule has 0 unspecified atom stereocenters. The Hall–Kier alpha value is -2.52. The molecule has 0 saturated carbocycles. The molecule has 8 nitrogen and oxygen atoms in total. The first-order valence-electron chi connectivity index (χ1n) is 9.21. The van der Waals surface area contributed by atoms with E-state index in [-0.39, 0.29) is 11.3 Å². The first-order chi connectivity index (χ1) is 13.1. The van der Waals surface area contributed by atoms with Crippen molar-refractivity contribution in [1.82, 2.24) is 29.5 Å². The van der Waals surface area contributed by atoms with Crippen molar-refractivity contribution in [2.75, 3.05) is 26.3 Å². The van der Waals surface area contributed by atoms with E-state index in [1.807, 2.05) is 11.6 Å². The van der Waals surface area contributed by atoms with E-state index in [2.05, 4.69) is 20.3 Å². The quantitative estimate of drug-likeness (QED) is 0.755. The molecule has 2 aliphatic rings. The third-order valence-corrected chi connectivity index (χ3v) is 5.73. The third-order valence-electron chi connectivity index (χ3n) is 5.73. The summed E-state index contributed by atoms with van der Waals surface area (Å²) in [5.41, 5.74) is 2.34. The fourth-order valence-electron chi connectivity index (χ4n) is 4.08. The van der Waals surface area contributed by atoms with E-state index in [9.17, 15) is 9.50 Å². The van der Waals surface area contributed by atoms with Crippen LogP contribution in [0.5, 0.6) is 5.75 Å². The van der Waals surface area contributed by atoms with Crippen molar-refractivity contribution in [2.45, 2.75) is 31.8 Å². The van der Waals surface area contributed by atoms with Gasteiger partial charge in [0, 0.05) is 24.8 Å². The van der Waals surface area contributed by atoms with Crippen molar-refractivity contribution in [1.29, 1.82) is 0 Å². The van der Waals surface area contributed by atoms with Gasteiger partial charge in [-0.25, -0.2) is 13.6 Å². The van der Waals surface area contributed by atoms with Crippen LogP contribution in [0.2, 0.25) is 0 Å². The van der Waals surface area contributed by atoms with Gasteiger partial charge in [0.1, 0.15) is 17.0 Å². The highest BCUT2D eigenvalue weighted by Crippen LogP contribution is 2.32. The van der Waals surface area contributed by atoms with E-state index in [1.165, 1.54) is 10.6 Å². The normalized spacial score (nSPS) is 19.6. The van der Waals surface area contributed by atoms with Crippen LogP contribution in [-0.2, 0) is 4.74 Å². The predicted octanol–water partition coefficient (Wildman–Crippen LogP) is 1.78. The molecule has 3 aromatic rings. The monoisotopic (exact) mass is 372 g/mol. The number of hydrogen-bond donors (Lipinski definition) is 1. The standard InChI is InChI=1S/C18H21FN6O2/c1-11-17(12-6-16(26)18-15(19)7-20-24(18)8-12)21-22-25(11)13-2-4-23(5-3-13)14-9-27-10-14/h6-8,13-14,26H,2-5,9-10H2,1H3. The number of halogens is 1. The van der Waals surface area contributed by atoms with Crippen molar-refractivity contribution < 1.29 is 14.2 Å². The number of pyridine rings is 1. The summed E-state index contributed by atoms with van der Waals surface area (Å²) < 4.78 is 22.3. The Morgan fingerprint density at radius 2 is 2.00 bits per heavy atom. The van der Waals surface area contributed by atoms with Crippen LogP contribution in [-0.4, -0.2) is 67.0 Å². The summed E-state index contributed by atoms with van der Waals surface area (Å²) in [5.74, 6) is -0.712. The number of piperidine rings is 1. The molecule has 2 fully saturated rings. The minimum absolute atomic E-state index is 0.0659. The third kappa shape index (κ3) is 2.69. The Kier molecular flexibility index (Phi) is 3.87. The van der Waals surface area contributed by atoms with E-state index in [0.29, 0.717) is 23.3 Å². The van der Waals surface area contributed by atoms with Crippen LogP contribution in [0.4, 0.5) is 4.39 Å². The fraction of sp³-hybridized carbons (Fsp3) is 0.500. The maximum absolute atomic E-state index is 13.7. The number of fused-ring (bicyclic) bond motifs is 1. The minimum Gasteiger partial charge on any atom is -0.506 e. The van der Waals surface area contributed by atoms with Gasteiger partial charge in [-0.2, -0.15) is 5.10 Å². The predicted molar refractivity (Wildman–Crippen MR) is 95.0 cm³/mol. The van der Waals surface area contributed by atoms with Crippen molar-refractivity contribution in [3.8, 4) is 17.0 Å². The van der Waals surface area contributed by atoms with Crippen LogP contribution in [0.25, 0.3) is 16.8 Å². The number of hydrogen-bond acceptors (Lipinski definition) is 6. The van der Waals surface area contributed by atoms with Gasteiger partial charge in [0.25, 0.3) is 0 Å². The highest BCUT2D eigenvalue weighted by Gasteiger charge is 2.31. The van der Waals surface area contributed by atoms with Crippen LogP contribution in [0, 0.1) is 12.7 Å². The molecule has 0 radical (unpaired) electrons. The van der Waals surface area contributed by atoms with Gasteiger partial charge >= 0.3 is 0 Å². The van der Waals surface area contributed by atoms with Crippen molar-refractivity contribution in [3.63, 3.8) is 0 Å². The molecule has 9 heteroatoms. The fourth-order valence-corrected chi connectivity index (χ4v) is 4.08. The average Bonchev–Trinajstić information content (AvgIpc) is 3.17. The maximum Gasteiger partial charge on any atom is 0.172 e. The molecule has 0 bridgehead atoms. The van der Waals surface area contributed by atoms with Crippen LogP contribution in [0.15, 0.2) is 18.5 Å². The summed E-state index contributed by atoms with van der Waals surface area (Å²) in [6.07, 6.45) is 4.80. The number of aromatic nitrogens is 5. The molecule has 2 aliphatic heterocycles. The second-order valence-corrected chi connectivity index (χ2v) is 7.33. The van der Waals surface area contributed by atoms with Gasteiger partial charge in [-0.1, -0.05) is 5.21 Å². The van der Waals surface area contributed by atoms with E-state index in [1.54, 1.807) is 6.20 Å². The first kappa shape index (κ1) is 16.6. The van der Waals surface area contributed by atoms with Gasteiger partial charge in [-0.3, -0.25) is 4.90 Å². The first-order valence-corrected chi connectivity index (χ1v) is 9.21. The smallest absolute Gasteiger partial charge is 0.172 e. The highest BCUT2D eigenvalue weighted by atomic mass is 19.1. The van der Waals surface area contributed by atoms with Crippen molar-refractivity contribution in [2.24, 2.45) is 0 Å². The molecule has 0 aliphatic carbocycles. The Morgan fingerprint density at radius 3 is 2.70 bits per heavy atom. The lowest BCUT2D eigenvalue weighted by atomic mass is 10.0. The zero-order chi connectivity index (χ0) is 18.5. The maximum atomic E-state index is 13.7. The minimum atomic E-state index is -0.553. The van der Waals surface area contributed by atoms with Gasteiger partial charge in [-0.05, 0) is 25.8 Å². The molecule has 1 N–H and O–H groups in total. The molecule has 0 amide bonds. The van der Waals surface area contributed by atoms with Gasteiger partial charge in [0.05, 0.1) is 37.2 Å². The topological polar surface area (TPSA) is 80.7 Å². The van der Waals surface area contributed by atoms with Crippen LogP contribution < -0.4 is 0 Å². The lowest BCUT2D eigenvalue weighted by molar-refractivity contribution is -0.0735. The zero-order valence-electron chi connectivity index (χ0n) is 15.0. The van der Waals surface area contributed by atoms with Gasteiger partial charge in [-0.15, -0.1) is 5.10 Å². The highest BCUT2D eigenvalue weighted by molar-refractivity contribution is 5.69. The van der Waals surface area contributed by atoms with E-state index in [4.69, 9.17) is 4.74 Å². The summed E-state index contributed by atoms with van der Waals surface area (Å²) in [7, 11) is 0. The second-order valence-electron chi connectivity index (χ2n) is 7.33. The summed E-state index contributed by atoms with van der Waals surface area (Å²) in [4.78, 5) is 2.49. The molecule has 142 valence electrons. The molecule has 0 spiro atoms. The molecular formula is C18H21FN6O2. The second kappa shape index (κ2) is 6.28. The molecule has 2 saturated heterocycles. The summed E-state index contributed by atoms with van der Waals surface area (Å²) in [5, 5.41) is 22.8. The Bertz CT molecular complexity index is 987. The number of rotatable bonds is 3. The van der Waals surface area contributed by atoms with E-state index in [0.717, 1.165) is 51.0 Å².